The van der Waals surface area contributed by atoms with Crippen molar-refractivity contribution in [3.8, 4) is 0 Å². The fraction of sp³-hybridized carbons (Fsp3) is 0.571. The second kappa shape index (κ2) is 14.9. The maximum Gasteiger partial charge on any atom is 0.192 e. The minimum Gasteiger partial charge on any atom is -0.414 e. The Morgan fingerprint density at radius 1 is 0.806 bits per heavy atom. The molecule has 0 aliphatic heterocycles. The average Bonchev–Trinajstić information content (AvgIpc) is 2.86. The molecule has 7 nitrogen and oxygen atoms in total. The fourth-order valence-electron chi connectivity index (χ4n) is 3.34. The van der Waals surface area contributed by atoms with E-state index in [1.165, 1.54) is 7.11 Å². The number of benzene rings is 2. The van der Waals surface area contributed by atoms with Crippen LogP contribution in [0.4, 0.5) is 0 Å². The summed E-state index contributed by atoms with van der Waals surface area (Å²) in [6.45, 7) is 11.2. The molecule has 0 aromatic heterocycles. The molecule has 2 N–H and O–H groups in total. The van der Waals surface area contributed by atoms with Gasteiger partial charge in [-0.2, -0.15) is 0 Å². The van der Waals surface area contributed by atoms with Crippen LogP contribution in [-0.2, 0) is 36.6 Å². The van der Waals surface area contributed by atoms with Crippen molar-refractivity contribution in [2.75, 3.05) is 27.1 Å². The quantitative estimate of drug-likeness (QED) is 0.249. The second-order valence-corrected chi connectivity index (χ2v) is 15.3. The first-order valence-corrected chi connectivity index (χ1v) is 15.3. The maximum absolute atomic E-state index is 11.3. The minimum absolute atomic E-state index is 0.00516. The van der Waals surface area contributed by atoms with Gasteiger partial charge in [0.1, 0.15) is 31.2 Å². The first-order valence-electron chi connectivity index (χ1n) is 12.4. The summed E-state index contributed by atoms with van der Waals surface area (Å²) < 4.78 is 29.7. The Bertz CT molecular complexity index is 842. The molecule has 0 heterocycles. The molecule has 0 spiro atoms. The highest BCUT2D eigenvalue weighted by atomic mass is 28.4. The maximum atomic E-state index is 11.3. The van der Waals surface area contributed by atoms with Crippen LogP contribution in [0.5, 0.6) is 0 Å². The summed E-state index contributed by atoms with van der Waals surface area (Å²) in [7, 11) is -0.629. The molecule has 2 aromatic rings. The molecule has 0 saturated carbocycles. The van der Waals surface area contributed by atoms with E-state index in [0.717, 1.165) is 11.1 Å². The molecule has 0 saturated heterocycles. The third-order valence-corrected chi connectivity index (χ3v) is 11.2. The highest BCUT2D eigenvalue weighted by molar-refractivity contribution is 6.74. The molecular weight excluding hydrogens is 476 g/mol. The van der Waals surface area contributed by atoms with Gasteiger partial charge < -0.3 is 33.6 Å². The molecule has 8 heteroatoms. The van der Waals surface area contributed by atoms with Crippen LogP contribution in [-0.4, -0.2) is 70.1 Å². The van der Waals surface area contributed by atoms with E-state index in [1.54, 1.807) is 0 Å². The Labute approximate surface area is 217 Å². The van der Waals surface area contributed by atoms with E-state index >= 15 is 0 Å². The van der Waals surface area contributed by atoms with Gasteiger partial charge in [-0.3, -0.25) is 0 Å². The number of rotatable bonds is 16. The molecule has 0 unspecified atom stereocenters. The van der Waals surface area contributed by atoms with Gasteiger partial charge in [-0.1, -0.05) is 81.4 Å². The Balaban J connectivity index is 2.32. The van der Waals surface area contributed by atoms with Crippen molar-refractivity contribution in [3.05, 3.63) is 71.8 Å². The topological polar surface area (TPSA) is 86.6 Å². The molecule has 202 valence electrons. The van der Waals surface area contributed by atoms with Crippen molar-refractivity contribution in [3.63, 3.8) is 0 Å². The van der Waals surface area contributed by atoms with Gasteiger partial charge in [-0.15, -0.1) is 0 Å². The highest BCUT2D eigenvalue weighted by Gasteiger charge is 2.41. The number of aliphatic hydroxyl groups excluding tert-OH is 2. The van der Waals surface area contributed by atoms with Gasteiger partial charge in [0.25, 0.3) is 0 Å². The molecule has 4 atom stereocenters. The Morgan fingerprint density at radius 2 is 1.33 bits per heavy atom. The fourth-order valence-corrected chi connectivity index (χ4v) is 4.36. The van der Waals surface area contributed by atoms with Gasteiger partial charge in [0.2, 0.25) is 0 Å². The van der Waals surface area contributed by atoms with Crippen molar-refractivity contribution in [2.45, 2.75) is 76.5 Å². The lowest BCUT2D eigenvalue weighted by Gasteiger charge is -2.39. The summed E-state index contributed by atoms with van der Waals surface area (Å²) >= 11 is 0. The van der Waals surface area contributed by atoms with Gasteiger partial charge in [-0.25, -0.2) is 0 Å². The average molecular weight is 521 g/mol. The Hall–Kier alpha value is -1.62. The Kier molecular flexibility index (Phi) is 12.7. The lowest BCUT2D eigenvalue weighted by Crippen LogP contribution is -2.52. The van der Waals surface area contributed by atoms with E-state index in [2.05, 4.69) is 33.9 Å². The summed E-state index contributed by atoms with van der Waals surface area (Å²) in [5.74, 6) is 0. The smallest absolute Gasteiger partial charge is 0.192 e. The van der Waals surface area contributed by atoms with Crippen LogP contribution >= 0.6 is 0 Å². The normalized spacial score (nSPS) is 15.9. The summed E-state index contributed by atoms with van der Waals surface area (Å²) in [6.07, 6.45) is -3.54. The molecule has 2 aromatic carbocycles. The molecule has 0 fully saturated rings. The van der Waals surface area contributed by atoms with E-state index in [0.29, 0.717) is 6.61 Å². The standard InChI is InChI=1S/C28H44O7Si/c1-28(2,3)36(5,6)35-20-25(32-18-22-13-9-7-10-14-22)27(26(30)24(17-29)34-21-31-4)33-19-23-15-11-8-12-16-23/h7-16,24-27,29-30H,17-21H2,1-6H3/t24-,25-,26+,27-/m1/s1. The number of aliphatic hydroxyl groups is 2. The summed E-state index contributed by atoms with van der Waals surface area (Å²) in [5.41, 5.74) is 1.96. The minimum atomic E-state index is -2.12. The zero-order chi connectivity index (χ0) is 26.6. The predicted octanol–water partition coefficient (Wildman–Crippen LogP) is 4.52. The van der Waals surface area contributed by atoms with Crippen LogP contribution in [0.1, 0.15) is 31.9 Å². The van der Waals surface area contributed by atoms with E-state index in [9.17, 15) is 10.2 Å². The van der Waals surface area contributed by atoms with E-state index in [4.69, 9.17) is 23.4 Å². The molecular formula is C28H44O7Si. The SMILES string of the molecule is COCO[C@H](CO)[C@H](O)[C@H](OCc1ccccc1)[C@@H](CO[Si](C)(C)C(C)(C)C)OCc1ccccc1. The van der Waals surface area contributed by atoms with Crippen LogP contribution < -0.4 is 0 Å². The second-order valence-electron chi connectivity index (χ2n) is 10.5. The molecule has 0 aliphatic carbocycles. The molecule has 0 bridgehead atoms. The third-order valence-electron chi connectivity index (χ3n) is 6.67. The molecule has 36 heavy (non-hydrogen) atoms. The zero-order valence-electron chi connectivity index (χ0n) is 22.6. The predicted molar refractivity (Wildman–Crippen MR) is 143 cm³/mol. The summed E-state index contributed by atoms with van der Waals surface area (Å²) in [4.78, 5) is 0. The van der Waals surface area contributed by atoms with E-state index in [-0.39, 0.29) is 25.0 Å². The third kappa shape index (κ3) is 9.68. The van der Waals surface area contributed by atoms with E-state index < -0.39 is 39.3 Å². The van der Waals surface area contributed by atoms with Crippen molar-refractivity contribution >= 4 is 8.32 Å². The van der Waals surface area contributed by atoms with Crippen LogP contribution in [0.2, 0.25) is 18.1 Å². The summed E-state index contributed by atoms with van der Waals surface area (Å²) in [6, 6.07) is 19.6. The van der Waals surface area contributed by atoms with Crippen LogP contribution in [0.25, 0.3) is 0 Å². The van der Waals surface area contributed by atoms with Gasteiger partial charge >= 0.3 is 0 Å². The van der Waals surface area contributed by atoms with Crippen LogP contribution in [0.3, 0.4) is 0 Å². The monoisotopic (exact) mass is 520 g/mol. The zero-order valence-corrected chi connectivity index (χ0v) is 23.6. The van der Waals surface area contributed by atoms with Crippen molar-refractivity contribution in [2.24, 2.45) is 0 Å². The lowest BCUT2D eigenvalue weighted by atomic mass is 10.0. The molecule has 2 rings (SSSR count). The summed E-state index contributed by atoms with van der Waals surface area (Å²) in [5, 5.41) is 21.3. The molecule has 0 amide bonds. The number of ether oxygens (including phenoxy) is 4. The van der Waals surface area contributed by atoms with Gasteiger partial charge in [0.15, 0.2) is 8.32 Å². The number of hydrogen-bond acceptors (Lipinski definition) is 7. The van der Waals surface area contributed by atoms with Gasteiger partial charge in [-0.05, 0) is 29.3 Å². The first-order chi connectivity index (χ1) is 17.1. The van der Waals surface area contributed by atoms with Gasteiger partial charge in [0, 0.05) is 7.11 Å². The number of hydrogen-bond donors (Lipinski definition) is 2. The first kappa shape index (κ1) is 30.6. The van der Waals surface area contributed by atoms with Crippen LogP contribution in [0.15, 0.2) is 60.7 Å². The van der Waals surface area contributed by atoms with Gasteiger partial charge in [0.05, 0.1) is 26.4 Å². The number of methoxy groups -OCH3 is 1. The van der Waals surface area contributed by atoms with E-state index in [1.807, 2.05) is 60.7 Å². The largest absolute Gasteiger partial charge is 0.414 e. The van der Waals surface area contributed by atoms with Crippen LogP contribution in [0, 0.1) is 0 Å². The lowest BCUT2D eigenvalue weighted by molar-refractivity contribution is -0.195. The van der Waals surface area contributed by atoms with Crippen molar-refractivity contribution in [1.29, 1.82) is 0 Å². The molecule has 0 aliphatic rings. The molecule has 0 radical (unpaired) electrons. The van der Waals surface area contributed by atoms with Crippen molar-refractivity contribution < 1.29 is 33.6 Å². The Morgan fingerprint density at radius 3 is 1.81 bits per heavy atom. The van der Waals surface area contributed by atoms with Crippen molar-refractivity contribution in [1.82, 2.24) is 0 Å². The highest BCUT2D eigenvalue weighted by Crippen LogP contribution is 2.37.